The lowest BCUT2D eigenvalue weighted by atomic mass is 9.95. The number of hydrogen-bond donors (Lipinski definition) is 1. The van der Waals surface area contributed by atoms with Gasteiger partial charge in [0.1, 0.15) is 17.4 Å². The average Bonchev–Trinajstić information content (AvgIpc) is 3.16. The molecule has 0 saturated carbocycles. The molecule has 2 fully saturated rings. The van der Waals surface area contributed by atoms with E-state index in [2.05, 4.69) is 10.3 Å². The number of carbonyl (C=O) groups is 2. The number of anilines is 1. The summed E-state index contributed by atoms with van der Waals surface area (Å²) < 4.78 is 5.60. The van der Waals surface area contributed by atoms with E-state index in [-0.39, 0.29) is 30.3 Å². The zero-order valence-corrected chi connectivity index (χ0v) is 18.1. The van der Waals surface area contributed by atoms with Crippen LogP contribution in [0.3, 0.4) is 0 Å². The van der Waals surface area contributed by atoms with Crippen LogP contribution in [-0.4, -0.2) is 71.9 Å². The molecule has 1 aromatic carbocycles. The summed E-state index contributed by atoms with van der Waals surface area (Å²) in [7, 11) is 3.67. The largest absolute Gasteiger partial charge is 0.484 e. The molecule has 2 aromatic rings. The predicted octanol–water partition coefficient (Wildman–Crippen LogP) is 2.25. The summed E-state index contributed by atoms with van der Waals surface area (Å²) in [5.74, 6) is 2.73. The summed E-state index contributed by atoms with van der Waals surface area (Å²) in [4.78, 5) is 37.6. The van der Waals surface area contributed by atoms with E-state index in [0.29, 0.717) is 31.8 Å². The normalized spacial score (nSPS) is 19.5. The third kappa shape index (κ3) is 4.95. The predicted molar refractivity (Wildman–Crippen MR) is 117 cm³/mol. The van der Waals surface area contributed by atoms with Crippen molar-refractivity contribution in [2.45, 2.75) is 31.1 Å². The Morgan fingerprint density at radius 2 is 1.90 bits per heavy atom. The van der Waals surface area contributed by atoms with E-state index in [1.807, 2.05) is 55.4 Å². The molecule has 0 spiro atoms. The Morgan fingerprint density at radius 1 is 1.16 bits per heavy atom. The van der Waals surface area contributed by atoms with Gasteiger partial charge >= 0.3 is 0 Å². The molecule has 1 aromatic heterocycles. The van der Waals surface area contributed by atoms with E-state index in [1.54, 1.807) is 4.90 Å². The van der Waals surface area contributed by atoms with Gasteiger partial charge in [-0.05, 0) is 25.0 Å². The van der Waals surface area contributed by atoms with Gasteiger partial charge in [0.2, 0.25) is 5.91 Å². The number of rotatable bonds is 6. The van der Waals surface area contributed by atoms with Crippen molar-refractivity contribution in [3.8, 4) is 5.75 Å². The van der Waals surface area contributed by atoms with Crippen LogP contribution in [0.4, 0.5) is 5.82 Å². The first kappa shape index (κ1) is 21.1. The average molecular weight is 424 g/mol. The van der Waals surface area contributed by atoms with Gasteiger partial charge in [-0.15, -0.1) is 0 Å². The molecule has 4 rings (SSSR count). The molecule has 2 aliphatic heterocycles. The first-order chi connectivity index (χ1) is 15.0. The third-order valence-corrected chi connectivity index (χ3v) is 6.10. The molecule has 2 aliphatic rings. The van der Waals surface area contributed by atoms with Crippen LogP contribution >= 0.6 is 0 Å². The van der Waals surface area contributed by atoms with Gasteiger partial charge in [-0.3, -0.25) is 9.59 Å². The molecule has 1 atom stereocenters. The van der Waals surface area contributed by atoms with Gasteiger partial charge in [0.05, 0.1) is 5.69 Å². The van der Waals surface area contributed by atoms with Crippen molar-refractivity contribution in [2.24, 2.45) is 0 Å². The first-order valence-corrected chi connectivity index (χ1v) is 10.8. The highest BCUT2D eigenvalue weighted by molar-refractivity contribution is 5.79. The Bertz CT molecular complexity index is 928. The van der Waals surface area contributed by atoms with Gasteiger partial charge in [-0.25, -0.2) is 9.97 Å². The number of hydrogen-bond acceptors (Lipinski definition) is 6. The second-order valence-corrected chi connectivity index (χ2v) is 8.22. The minimum absolute atomic E-state index is 0.000362. The first-order valence-electron chi connectivity index (χ1n) is 10.8. The molecular weight excluding hydrogens is 394 g/mol. The van der Waals surface area contributed by atoms with Gasteiger partial charge in [0, 0.05) is 58.1 Å². The van der Waals surface area contributed by atoms with Gasteiger partial charge in [-0.1, -0.05) is 18.2 Å². The van der Waals surface area contributed by atoms with Crippen LogP contribution in [0.25, 0.3) is 0 Å². The lowest BCUT2D eigenvalue weighted by Crippen LogP contribution is -2.40. The highest BCUT2D eigenvalue weighted by atomic mass is 16.5. The molecule has 2 amide bonds. The molecular formula is C23H29N5O3. The van der Waals surface area contributed by atoms with E-state index in [0.717, 1.165) is 30.2 Å². The second kappa shape index (κ2) is 9.32. The molecule has 2 saturated heterocycles. The fraction of sp³-hybridized carbons (Fsp3) is 0.478. The van der Waals surface area contributed by atoms with Crippen molar-refractivity contribution in [3.63, 3.8) is 0 Å². The SMILES string of the molecule is CNc1cc(C2CC(=O)N(C)C2)nc(C2CCN(C(=O)COc3ccccc3)CC2)n1. The molecule has 1 unspecified atom stereocenters. The summed E-state index contributed by atoms with van der Waals surface area (Å²) in [5.41, 5.74) is 0.918. The van der Waals surface area contributed by atoms with Crippen LogP contribution in [-0.2, 0) is 9.59 Å². The van der Waals surface area contributed by atoms with E-state index < -0.39 is 0 Å². The number of ether oxygens (including phenoxy) is 1. The Morgan fingerprint density at radius 3 is 2.55 bits per heavy atom. The summed E-state index contributed by atoms with van der Waals surface area (Å²) in [6.45, 7) is 2.06. The van der Waals surface area contributed by atoms with Crippen molar-refractivity contribution in [1.82, 2.24) is 19.8 Å². The second-order valence-electron chi connectivity index (χ2n) is 8.22. The Labute approximate surface area is 182 Å². The molecule has 1 N–H and O–H groups in total. The van der Waals surface area contributed by atoms with Crippen molar-refractivity contribution in [3.05, 3.63) is 47.9 Å². The molecule has 0 aliphatic carbocycles. The smallest absolute Gasteiger partial charge is 0.260 e. The van der Waals surface area contributed by atoms with Crippen LogP contribution in [0, 0.1) is 0 Å². The number of nitrogens with one attached hydrogen (secondary N) is 1. The number of para-hydroxylation sites is 1. The quantitative estimate of drug-likeness (QED) is 0.767. The number of piperidine rings is 1. The number of nitrogens with zero attached hydrogens (tertiary/aromatic N) is 4. The van der Waals surface area contributed by atoms with Gasteiger partial charge in [0.15, 0.2) is 6.61 Å². The van der Waals surface area contributed by atoms with E-state index in [4.69, 9.17) is 9.72 Å². The molecule has 8 heteroatoms. The maximum atomic E-state index is 12.5. The Balaban J connectivity index is 1.37. The summed E-state index contributed by atoms with van der Waals surface area (Å²) in [6.07, 6.45) is 2.12. The van der Waals surface area contributed by atoms with Crippen molar-refractivity contribution in [1.29, 1.82) is 0 Å². The minimum Gasteiger partial charge on any atom is -0.484 e. The lowest BCUT2D eigenvalue weighted by molar-refractivity contribution is -0.134. The van der Waals surface area contributed by atoms with Crippen LogP contribution in [0.2, 0.25) is 0 Å². The van der Waals surface area contributed by atoms with Gasteiger partial charge in [-0.2, -0.15) is 0 Å². The minimum atomic E-state index is 0.000362. The van der Waals surface area contributed by atoms with Crippen LogP contribution in [0.15, 0.2) is 36.4 Å². The number of carbonyl (C=O) groups excluding carboxylic acids is 2. The number of benzene rings is 1. The highest BCUT2D eigenvalue weighted by Crippen LogP contribution is 2.31. The number of likely N-dealkylation sites (N-methyl/N-ethyl adjacent to an activating group) is 1. The zero-order valence-electron chi connectivity index (χ0n) is 18.1. The maximum Gasteiger partial charge on any atom is 0.260 e. The van der Waals surface area contributed by atoms with E-state index in [9.17, 15) is 9.59 Å². The Hall–Kier alpha value is -3.16. The highest BCUT2D eigenvalue weighted by Gasteiger charge is 2.31. The van der Waals surface area contributed by atoms with Crippen LogP contribution in [0.5, 0.6) is 5.75 Å². The van der Waals surface area contributed by atoms with Gasteiger partial charge < -0.3 is 19.9 Å². The van der Waals surface area contributed by atoms with Crippen molar-refractivity contribution in [2.75, 3.05) is 45.7 Å². The molecule has 0 bridgehead atoms. The van der Waals surface area contributed by atoms with Crippen LogP contribution in [0.1, 0.15) is 42.6 Å². The fourth-order valence-corrected chi connectivity index (χ4v) is 4.21. The Kier molecular flexibility index (Phi) is 6.34. The number of amides is 2. The van der Waals surface area contributed by atoms with Crippen molar-refractivity contribution >= 4 is 17.6 Å². The molecule has 3 heterocycles. The zero-order chi connectivity index (χ0) is 21.8. The number of aromatic nitrogens is 2. The fourth-order valence-electron chi connectivity index (χ4n) is 4.21. The monoisotopic (exact) mass is 423 g/mol. The molecule has 164 valence electrons. The van der Waals surface area contributed by atoms with E-state index in [1.165, 1.54) is 0 Å². The summed E-state index contributed by atoms with van der Waals surface area (Å²) in [6, 6.07) is 11.3. The maximum absolute atomic E-state index is 12.5. The third-order valence-electron chi connectivity index (χ3n) is 6.10. The summed E-state index contributed by atoms with van der Waals surface area (Å²) >= 11 is 0. The molecule has 0 radical (unpaired) electrons. The lowest BCUT2D eigenvalue weighted by Gasteiger charge is -2.31. The summed E-state index contributed by atoms with van der Waals surface area (Å²) in [5, 5.41) is 3.12. The standard InChI is InChI=1S/C23H29N5O3/c1-24-20-13-19(17-12-21(29)27(2)14-17)25-23(26-20)16-8-10-28(11-9-16)22(30)15-31-18-6-4-3-5-7-18/h3-7,13,16-17H,8-12,14-15H2,1-2H3,(H,24,25,26). The van der Waals surface area contributed by atoms with Crippen LogP contribution < -0.4 is 10.1 Å². The van der Waals surface area contributed by atoms with E-state index >= 15 is 0 Å². The molecule has 8 nitrogen and oxygen atoms in total. The topological polar surface area (TPSA) is 87.7 Å². The van der Waals surface area contributed by atoms with Crippen molar-refractivity contribution < 1.29 is 14.3 Å². The van der Waals surface area contributed by atoms with Gasteiger partial charge in [0.25, 0.3) is 5.91 Å². The molecule has 31 heavy (non-hydrogen) atoms. The number of likely N-dealkylation sites (tertiary alicyclic amines) is 2.